The van der Waals surface area contributed by atoms with E-state index in [-0.39, 0.29) is 11.8 Å². The second kappa shape index (κ2) is 8.16. The van der Waals surface area contributed by atoms with Crippen LogP contribution in [0.4, 0.5) is 5.69 Å². The molecule has 0 bridgehead atoms. The monoisotopic (exact) mass is 446 g/mol. The number of anilines is 1. The van der Waals surface area contributed by atoms with Crippen LogP contribution < -0.4 is 5.32 Å². The number of rotatable bonds is 4. The summed E-state index contributed by atoms with van der Waals surface area (Å²) in [5, 5.41) is 2.80. The van der Waals surface area contributed by atoms with Crippen molar-refractivity contribution in [3.05, 3.63) is 69.5 Å². The van der Waals surface area contributed by atoms with Crippen molar-refractivity contribution in [2.45, 2.75) is 13.0 Å². The van der Waals surface area contributed by atoms with Crippen LogP contribution >= 0.6 is 39.9 Å². The molecule has 1 N–H and O–H groups in total. The predicted octanol–water partition coefficient (Wildman–Crippen LogP) is 4.68. The zero-order chi connectivity index (χ0) is 18.7. The number of amides is 2. The predicted molar refractivity (Wildman–Crippen MR) is 114 cm³/mol. The molecule has 0 aliphatic carbocycles. The van der Waals surface area contributed by atoms with E-state index in [4.69, 9.17) is 12.2 Å². The molecule has 1 heterocycles. The van der Waals surface area contributed by atoms with Crippen LogP contribution in [0.15, 0.2) is 64.0 Å². The van der Waals surface area contributed by atoms with Crippen molar-refractivity contribution in [2.75, 3.05) is 5.32 Å². The highest BCUT2D eigenvalue weighted by atomic mass is 79.9. The van der Waals surface area contributed by atoms with Gasteiger partial charge in [-0.05, 0) is 42.8 Å². The normalized spacial score (nSPS) is 16.8. The SMILES string of the molecule is CC(C(=O)Nc1ccccc1)N1C(=O)/C(=C/c2ccc(Br)cc2)SC1=S. The van der Waals surface area contributed by atoms with Gasteiger partial charge in [-0.25, -0.2) is 0 Å². The molecule has 1 unspecified atom stereocenters. The second-order valence-corrected chi connectivity index (χ2v) is 8.23. The molecule has 3 rings (SSSR count). The van der Waals surface area contributed by atoms with E-state index in [0.717, 1.165) is 10.0 Å². The zero-order valence-electron chi connectivity index (χ0n) is 13.8. The summed E-state index contributed by atoms with van der Waals surface area (Å²) in [5.41, 5.74) is 1.58. The van der Waals surface area contributed by atoms with Gasteiger partial charge in [-0.2, -0.15) is 0 Å². The molecular formula is C19H15BrN2O2S2. The summed E-state index contributed by atoms with van der Waals surface area (Å²) in [7, 11) is 0. The van der Waals surface area contributed by atoms with Gasteiger partial charge in [0.2, 0.25) is 5.91 Å². The lowest BCUT2D eigenvalue weighted by atomic mass is 10.2. The smallest absolute Gasteiger partial charge is 0.266 e. The van der Waals surface area contributed by atoms with Gasteiger partial charge >= 0.3 is 0 Å². The molecule has 0 spiro atoms. The number of nitrogens with one attached hydrogen (secondary N) is 1. The van der Waals surface area contributed by atoms with Gasteiger partial charge in [0.15, 0.2) is 0 Å². The Morgan fingerprint density at radius 3 is 2.50 bits per heavy atom. The van der Waals surface area contributed by atoms with Gasteiger partial charge in [-0.1, -0.05) is 70.2 Å². The third-order valence-corrected chi connectivity index (χ3v) is 5.66. The first-order chi connectivity index (χ1) is 12.5. The summed E-state index contributed by atoms with van der Waals surface area (Å²) >= 11 is 9.93. The number of thioether (sulfide) groups is 1. The van der Waals surface area contributed by atoms with Crippen LogP contribution in [0.5, 0.6) is 0 Å². The largest absolute Gasteiger partial charge is 0.324 e. The van der Waals surface area contributed by atoms with Gasteiger partial charge in [0.05, 0.1) is 4.91 Å². The van der Waals surface area contributed by atoms with E-state index in [1.54, 1.807) is 25.1 Å². The fraction of sp³-hybridized carbons (Fsp3) is 0.105. The number of carbonyl (C=O) groups excluding carboxylic acids is 2. The van der Waals surface area contributed by atoms with Crippen molar-refractivity contribution in [3.63, 3.8) is 0 Å². The third-order valence-electron chi connectivity index (χ3n) is 3.80. The van der Waals surface area contributed by atoms with E-state index in [1.165, 1.54) is 16.7 Å². The maximum atomic E-state index is 12.7. The highest BCUT2D eigenvalue weighted by Crippen LogP contribution is 2.34. The van der Waals surface area contributed by atoms with Gasteiger partial charge in [0.25, 0.3) is 5.91 Å². The second-order valence-electron chi connectivity index (χ2n) is 5.63. The molecule has 0 saturated carbocycles. The van der Waals surface area contributed by atoms with Crippen LogP contribution in [0.2, 0.25) is 0 Å². The Labute approximate surface area is 169 Å². The number of nitrogens with zero attached hydrogens (tertiary/aromatic N) is 1. The van der Waals surface area contributed by atoms with E-state index in [0.29, 0.717) is 14.9 Å². The van der Waals surface area contributed by atoms with Gasteiger partial charge < -0.3 is 5.32 Å². The number of halogens is 1. The van der Waals surface area contributed by atoms with Crippen LogP contribution in [0.25, 0.3) is 6.08 Å². The van der Waals surface area contributed by atoms with E-state index in [9.17, 15) is 9.59 Å². The summed E-state index contributed by atoms with van der Waals surface area (Å²) in [6.07, 6.45) is 1.79. The molecule has 1 aliphatic rings. The molecule has 4 nitrogen and oxygen atoms in total. The zero-order valence-corrected chi connectivity index (χ0v) is 17.0. The highest BCUT2D eigenvalue weighted by Gasteiger charge is 2.38. The number of para-hydroxylation sites is 1. The Kier molecular flexibility index (Phi) is 5.90. The average Bonchev–Trinajstić information content (AvgIpc) is 2.90. The molecule has 1 aliphatic heterocycles. The average molecular weight is 447 g/mol. The third kappa shape index (κ3) is 4.23. The molecule has 132 valence electrons. The summed E-state index contributed by atoms with van der Waals surface area (Å²) in [4.78, 5) is 27.1. The maximum absolute atomic E-state index is 12.7. The highest BCUT2D eigenvalue weighted by molar-refractivity contribution is 9.10. The first-order valence-corrected chi connectivity index (χ1v) is 9.86. The minimum absolute atomic E-state index is 0.251. The maximum Gasteiger partial charge on any atom is 0.266 e. The quantitative estimate of drug-likeness (QED) is 0.547. The topological polar surface area (TPSA) is 49.4 Å². The van der Waals surface area contributed by atoms with Crippen LogP contribution in [0.1, 0.15) is 12.5 Å². The first kappa shape index (κ1) is 18.8. The molecule has 7 heteroatoms. The fourth-order valence-electron chi connectivity index (χ4n) is 2.41. The molecule has 1 atom stereocenters. The van der Waals surface area contributed by atoms with E-state index < -0.39 is 6.04 Å². The lowest BCUT2D eigenvalue weighted by Crippen LogP contribution is -2.44. The van der Waals surface area contributed by atoms with Crippen molar-refractivity contribution in [1.29, 1.82) is 0 Å². The Morgan fingerprint density at radius 2 is 1.85 bits per heavy atom. The van der Waals surface area contributed by atoms with Gasteiger partial charge in [-0.15, -0.1) is 0 Å². The number of benzene rings is 2. The van der Waals surface area contributed by atoms with Crippen molar-refractivity contribution in [1.82, 2.24) is 4.90 Å². The summed E-state index contributed by atoms with van der Waals surface area (Å²) < 4.78 is 1.35. The molecular weight excluding hydrogens is 432 g/mol. The standard InChI is InChI=1S/C19H15BrN2O2S2/c1-12(17(23)21-15-5-3-2-4-6-15)22-18(24)16(26-19(22)25)11-13-7-9-14(20)10-8-13/h2-12H,1H3,(H,21,23)/b16-11-. The molecule has 0 aromatic heterocycles. The Balaban J connectivity index is 1.75. The Morgan fingerprint density at radius 1 is 1.19 bits per heavy atom. The molecule has 2 amide bonds. The number of thiocarbonyl (C=S) groups is 1. The minimum atomic E-state index is -0.696. The molecule has 2 aromatic rings. The summed E-state index contributed by atoms with van der Waals surface area (Å²) in [5.74, 6) is -0.531. The van der Waals surface area contributed by atoms with Gasteiger partial charge in [-0.3, -0.25) is 14.5 Å². The lowest BCUT2D eigenvalue weighted by Gasteiger charge is -2.22. The van der Waals surface area contributed by atoms with Crippen LogP contribution in [-0.4, -0.2) is 27.1 Å². The summed E-state index contributed by atoms with van der Waals surface area (Å²) in [6, 6.07) is 16.1. The number of hydrogen-bond donors (Lipinski definition) is 1. The van der Waals surface area contributed by atoms with E-state index in [2.05, 4.69) is 21.2 Å². The molecule has 2 aromatic carbocycles. The van der Waals surface area contributed by atoms with Crippen molar-refractivity contribution in [2.24, 2.45) is 0 Å². The van der Waals surface area contributed by atoms with Gasteiger partial charge in [0, 0.05) is 10.2 Å². The summed E-state index contributed by atoms with van der Waals surface area (Å²) in [6.45, 7) is 1.67. The molecule has 1 fully saturated rings. The minimum Gasteiger partial charge on any atom is -0.324 e. The first-order valence-electron chi connectivity index (χ1n) is 7.84. The van der Waals surface area contributed by atoms with Crippen molar-refractivity contribution in [3.8, 4) is 0 Å². The van der Waals surface area contributed by atoms with Crippen LogP contribution in [0.3, 0.4) is 0 Å². The van der Waals surface area contributed by atoms with Gasteiger partial charge in [0.1, 0.15) is 10.4 Å². The van der Waals surface area contributed by atoms with Crippen LogP contribution in [-0.2, 0) is 9.59 Å². The molecule has 1 saturated heterocycles. The number of hydrogen-bond acceptors (Lipinski definition) is 4. The van der Waals surface area contributed by atoms with Crippen LogP contribution in [0, 0.1) is 0 Å². The van der Waals surface area contributed by atoms with E-state index in [1.807, 2.05) is 42.5 Å². The van der Waals surface area contributed by atoms with E-state index >= 15 is 0 Å². The Hall–Kier alpha value is -1.96. The lowest BCUT2D eigenvalue weighted by molar-refractivity contribution is -0.129. The van der Waals surface area contributed by atoms with Crippen molar-refractivity contribution >= 4 is 67.8 Å². The molecule has 0 radical (unpaired) electrons. The fourth-order valence-corrected chi connectivity index (χ4v) is 4.09. The molecule has 26 heavy (non-hydrogen) atoms. The van der Waals surface area contributed by atoms with Crippen molar-refractivity contribution < 1.29 is 9.59 Å². The number of carbonyl (C=O) groups is 2. The Bertz CT molecular complexity index is 882.